The molecule has 1 aliphatic carbocycles. The first-order valence-corrected chi connectivity index (χ1v) is 10.6. The number of hydrogen-bond acceptors (Lipinski definition) is 4. The van der Waals surface area contributed by atoms with E-state index < -0.39 is 9.84 Å². The molecule has 1 atom stereocenters. The average molecular weight is 387 g/mol. The number of halogens is 1. The summed E-state index contributed by atoms with van der Waals surface area (Å²) in [6, 6.07) is 9.21. The number of carbonyl (C=O) groups excluding carboxylic acids is 1. The summed E-state index contributed by atoms with van der Waals surface area (Å²) in [4.78, 5) is 12.2. The summed E-state index contributed by atoms with van der Waals surface area (Å²) in [6.07, 6.45) is 3.63. The van der Waals surface area contributed by atoms with Crippen LogP contribution in [0.15, 0.2) is 30.3 Å². The second-order valence-electron chi connectivity index (χ2n) is 7.09. The Morgan fingerprint density at radius 2 is 1.88 bits per heavy atom. The smallest absolute Gasteiger partial charge is 0.223 e. The van der Waals surface area contributed by atoms with Gasteiger partial charge in [-0.3, -0.25) is 4.79 Å². The number of nitrogens with one attached hydrogen (secondary N) is 2. The van der Waals surface area contributed by atoms with E-state index in [-0.39, 0.29) is 41.2 Å². The van der Waals surface area contributed by atoms with Crippen molar-refractivity contribution in [1.82, 2.24) is 10.6 Å². The third-order valence-electron chi connectivity index (χ3n) is 5.27. The van der Waals surface area contributed by atoms with Crippen molar-refractivity contribution >= 4 is 28.2 Å². The van der Waals surface area contributed by atoms with Crippen molar-refractivity contribution in [2.24, 2.45) is 11.3 Å². The number of carbonyl (C=O) groups is 1. The molecule has 2 fully saturated rings. The molecule has 0 radical (unpaired) electrons. The fourth-order valence-electron chi connectivity index (χ4n) is 3.72. The first-order valence-electron chi connectivity index (χ1n) is 8.74. The van der Waals surface area contributed by atoms with Crippen molar-refractivity contribution in [1.29, 1.82) is 0 Å². The van der Waals surface area contributed by atoms with E-state index in [0.29, 0.717) is 13.0 Å². The molecule has 25 heavy (non-hydrogen) atoms. The Bertz CT molecular complexity index is 673. The van der Waals surface area contributed by atoms with Gasteiger partial charge < -0.3 is 10.6 Å². The lowest BCUT2D eigenvalue weighted by Gasteiger charge is -2.23. The molecule has 5 nitrogen and oxygen atoms in total. The third-order valence-corrected chi connectivity index (χ3v) is 6.95. The van der Waals surface area contributed by atoms with Crippen molar-refractivity contribution in [3.05, 3.63) is 35.9 Å². The first kappa shape index (κ1) is 20.2. The Balaban J connectivity index is 0.00000225. The van der Waals surface area contributed by atoms with Crippen molar-refractivity contribution in [2.45, 2.75) is 31.4 Å². The van der Waals surface area contributed by atoms with Crippen LogP contribution in [0.5, 0.6) is 0 Å². The van der Waals surface area contributed by atoms with Crippen molar-refractivity contribution in [2.75, 3.05) is 25.4 Å². The van der Waals surface area contributed by atoms with E-state index in [0.717, 1.165) is 37.9 Å². The molecule has 1 aromatic rings. The van der Waals surface area contributed by atoms with Gasteiger partial charge in [-0.15, -0.1) is 12.4 Å². The molecule has 1 saturated carbocycles. The van der Waals surface area contributed by atoms with Gasteiger partial charge in [-0.2, -0.15) is 0 Å². The van der Waals surface area contributed by atoms with Gasteiger partial charge in [0.1, 0.15) is 0 Å². The predicted molar refractivity (Wildman–Crippen MR) is 101 cm³/mol. The van der Waals surface area contributed by atoms with Crippen LogP contribution in [0, 0.1) is 11.3 Å². The highest BCUT2D eigenvalue weighted by Crippen LogP contribution is 2.58. The van der Waals surface area contributed by atoms with E-state index in [1.54, 1.807) is 0 Å². The van der Waals surface area contributed by atoms with E-state index >= 15 is 0 Å². The molecular weight excluding hydrogens is 360 g/mol. The van der Waals surface area contributed by atoms with Crippen LogP contribution in [-0.4, -0.2) is 39.7 Å². The molecule has 1 heterocycles. The number of hydrogen-bond donors (Lipinski definition) is 2. The minimum atomic E-state index is -3.12. The molecule has 140 valence electrons. The molecule has 3 rings (SSSR count). The molecular formula is C18H27ClN2O3S. The van der Waals surface area contributed by atoms with E-state index in [1.807, 2.05) is 30.3 Å². The summed E-state index contributed by atoms with van der Waals surface area (Å²) >= 11 is 0. The molecule has 1 spiro atoms. The van der Waals surface area contributed by atoms with Crippen molar-refractivity contribution < 1.29 is 13.2 Å². The van der Waals surface area contributed by atoms with Crippen LogP contribution in [0.2, 0.25) is 0 Å². The highest BCUT2D eigenvalue weighted by molar-refractivity contribution is 7.90. The van der Waals surface area contributed by atoms with Gasteiger partial charge in [0, 0.05) is 12.5 Å². The molecule has 2 N–H and O–H groups in total. The molecule has 0 bridgehead atoms. The van der Waals surface area contributed by atoms with Crippen LogP contribution in [-0.2, 0) is 20.4 Å². The standard InChI is InChI=1S/C18H26N2O3S.ClH/c21-17(16-13-18(16)7-10-19-11-8-18)20-9-4-12-24(22,23)14-15-5-2-1-3-6-15;/h1-3,5-6,16,19H,4,7-14H2,(H,20,21);1H. The number of rotatable bonds is 7. The number of piperidine rings is 1. The third kappa shape index (κ3) is 5.43. The van der Waals surface area contributed by atoms with Crippen LogP contribution in [0.3, 0.4) is 0 Å². The average Bonchev–Trinajstić information content (AvgIpc) is 3.26. The molecule has 1 unspecified atom stereocenters. The highest BCUT2D eigenvalue weighted by atomic mass is 35.5. The monoisotopic (exact) mass is 386 g/mol. The minimum absolute atomic E-state index is 0. The van der Waals surface area contributed by atoms with Crippen LogP contribution < -0.4 is 10.6 Å². The van der Waals surface area contributed by atoms with Gasteiger partial charge in [0.15, 0.2) is 9.84 Å². The van der Waals surface area contributed by atoms with Crippen LogP contribution >= 0.6 is 12.4 Å². The second kappa shape index (κ2) is 8.52. The number of amides is 1. The zero-order valence-electron chi connectivity index (χ0n) is 14.4. The maximum absolute atomic E-state index is 12.2. The fourth-order valence-corrected chi connectivity index (χ4v) is 5.15. The second-order valence-corrected chi connectivity index (χ2v) is 9.28. The zero-order chi connectivity index (χ0) is 17.0. The maximum atomic E-state index is 12.2. The lowest BCUT2D eigenvalue weighted by Crippen LogP contribution is -2.34. The summed E-state index contributed by atoms with van der Waals surface area (Å²) in [5.41, 5.74) is 1.04. The van der Waals surface area contributed by atoms with Crippen LogP contribution in [0.1, 0.15) is 31.2 Å². The Morgan fingerprint density at radius 3 is 2.56 bits per heavy atom. The Morgan fingerprint density at radius 1 is 1.20 bits per heavy atom. The Kier molecular flexibility index (Phi) is 6.88. The molecule has 7 heteroatoms. The lowest BCUT2D eigenvalue weighted by atomic mass is 9.92. The van der Waals surface area contributed by atoms with Crippen LogP contribution in [0.4, 0.5) is 0 Å². The van der Waals surface area contributed by atoms with Crippen LogP contribution in [0.25, 0.3) is 0 Å². The normalized spacial score (nSPS) is 21.4. The Hall–Kier alpha value is -1.11. The van der Waals surface area contributed by atoms with E-state index in [9.17, 15) is 13.2 Å². The summed E-state index contributed by atoms with van der Waals surface area (Å²) in [5.74, 6) is 0.431. The van der Waals surface area contributed by atoms with E-state index in [1.165, 1.54) is 0 Å². The highest BCUT2D eigenvalue weighted by Gasteiger charge is 2.57. The van der Waals surface area contributed by atoms with Crippen molar-refractivity contribution in [3.8, 4) is 0 Å². The van der Waals surface area contributed by atoms with Gasteiger partial charge in [0.25, 0.3) is 0 Å². The van der Waals surface area contributed by atoms with Gasteiger partial charge in [0.2, 0.25) is 5.91 Å². The van der Waals surface area contributed by atoms with E-state index in [2.05, 4.69) is 10.6 Å². The summed E-state index contributed by atoms with van der Waals surface area (Å²) in [7, 11) is -3.12. The summed E-state index contributed by atoms with van der Waals surface area (Å²) in [6.45, 7) is 2.45. The number of sulfone groups is 1. The zero-order valence-corrected chi connectivity index (χ0v) is 16.0. The molecule has 1 aromatic carbocycles. The summed E-state index contributed by atoms with van der Waals surface area (Å²) in [5, 5.41) is 6.26. The lowest BCUT2D eigenvalue weighted by molar-refractivity contribution is -0.123. The van der Waals surface area contributed by atoms with E-state index in [4.69, 9.17) is 0 Å². The molecule has 2 aliphatic rings. The topological polar surface area (TPSA) is 75.3 Å². The predicted octanol–water partition coefficient (Wildman–Crippen LogP) is 1.92. The minimum Gasteiger partial charge on any atom is -0.356 e. The first-order chi connectivity index (χ1) is 11.5. The molecule has 1 amide bonds. The van der Waals surface area contributed by atoms with Gasteiger partial charge in [-0.1, -0.05) is 30.3 Å². The Labute approximate surface area is 156 Å². The van der Waals surface area contributed by atoms with Gasteiger partial charge >= 0.3 is 0 Å². The van der Waals surface area contributed by atoms with Gasteiger partial charge in [0.05, 0.1) is 11.5 Å². The maximum Gasteiger partial charge on any atom is 0.223 e. The van der Waals surface area contributed by atoms with Gasteiger partial charge in [-0.05, 0) is 49.8 Å². The SMILES string of the molecule is Cl.O=C(NCCCS(=O)(=O)Cc1ccccc1)C1CC12CCNCC2. The molecule has 1 saturated heterocycles. The molecule has 1 aliphatic heterocycles. The molecule has 0 aromatic heterocycles. The van der Waals surface area contributed by atoms with Crippen molar-refractivity contribution in [3.63, 3.8) is 0 Å². The summed E-state index contributed by atoms with van der Waals surface area (Å²) < 4.78 is 24.2. The number of benzene rings is 1. The quantitative estimate of drug-likeness (QED) is 0.702. The largest absolute Gasteiger partial charge is 0.356 e. The fraction of sp³-hybridized carbons (Fsp3) is 0.611. The van der Waals surface area contributed by atoms with Gasteiger partial charge in [-0.25, -0.2) is 8.42 Å².